The van der Waals surface area contributed by atoms with Gasteiger partial charge in [0.2, 0.25) is 0 Å². The van der Waals surface area contributed by atoms with E-state index in [4.69, 9.17) is 0 Å². The van der Waals surface area contributed by atoms with Crippen molar-refractivity contribution in [1.82, 2.24) is 0 Å². The zero-order valence-electron chi connectivity index (χ0n) is 29.6. The van der Waals surface area contributed by atoms with Gasteiger partial charge in [-0.2, -0.15) is 0 Å². The van der Waals surface area contributed by atoms with Gasteiger partial charge in [-0.3, -0.25) is 0 Å². The molecule has 0 heterocycles. The molecule has 0 fully saturated rings. The largest absolute Gasteiger partial charge is 0.0645 e. The van der Waals surface area contributed by atoms with Gasteiger partial charge < -0.3 is 0 Å². The first kappa shape index (κ1) is 33.6. The van der Waals surface area contributed by atoms with Gasteiger partial charge in [0.15, 0.2) is 0 Å². The van der Waals surface area contributed by atoms with Gasteiger partial charge in [-0.1, -0.05) is 156 Å². The number of hydrogen-bond donors (Lipinski definition) is 0. The van der Waals surface area contributed by atoms with Crippen LogP contribution in [0.3, 0.4) is 0 Å². The van der Waals surface area contributed by atoms with E-state index in [1.165, 1.54) is 27.8 Å². The summed E-state index contributed by atoms with van der Waals surface area (Å²) in [7, 11) is 0. The molecule has 220 valence electrons. The fraction of sp³-hybridized carbons (Fsp3) is 0.692. The van der Waals surface area contributed by atoms with Crippen LogP contribution in [-0.4, -0.2) is 0 Å². The first-order chi connectivity index (χ1) is 17.1. The maximum absolute atomic E-state index is 2.60. The van der Waals surface area contributed by atoms with Crippen LogP contribution in [0, 0.1) is 0 Å². The molecule has 0 nitrogen and oxygen atoms in total. The van der Waals surface area contributed by atoms with Crippen molar-refractivity contribution in [1.29, 1.82) is 0 Å². The molecule has 39 heavy (non-hydrogen) atoms. The van der Waals surface area contributed by atoms with Gasteiger partial charge in [-0.15, -0.1) is 0 Å². The molecule has 0 radical (unpaired) electrons. The Bertz CT molecular complexity index is 1110. The second kappa shape index (κ2) is 10.4. The van der Waals surface area contributed by atoms with Crippen LogP contribution in [0.1, 0.15) is 188 Å². The Morgan fingerprint density at radius 2 is 0.846 bits per heavy atom. The maximum atomic E-state index is 2.60. The van der Waals surface area contributed by atoms with E-state index in [1.807, 2.05) is 0 Å². The standard InChI is InChI=1S/C39H64/c1-20-26(27-23-25(34(2,3)4)21-22-28(27)35(5,6)7)31-32(38(14,15)16)29(36(8,9)10)24-30(37(11,12)13)33(31)39(17,18)19/h21-24,26H,20H2,1-19H3. The molecule has 0 saturated carbocycles. The summed E-state index contributed by atoms with van der Waals surface area (Å²) in [4.78, 5) is 0. The zero-order chi connectivity index (χ0) is 30.7. The fourth-order valence-electron chi connectivity index (χ4n) is 6.43. The monoisotopic (exact) mass is 533 g/mol. The molecule has 0 spiro atoms. The Morgan fingerprint density at radius 3 is 1.13 bits per heavy atom. The lowest BCUT2D eigenvalue weighted by molar-refractivity contribution is 0.483. The van der Waals surface area contributed by atoms with Crippen LogP contribution in [0.2, 0.25) is 0 Å². The predicted molar refractivity (Wildman–Crippen MR) is 177 cm³/mol. The van der Waals surface area contributed by atoms with Crippen LogP contribution in [0.25, 0.3) is 0 Å². The Hall–Kier alpha value is -1.56. The predicted octanol–water partition coefficient (Wildman–Crippen LogP) is 12.0. The van der Waals surface area contributed by atoms with Crippen molar-refractivity contribution in [3.63, 3.8) is 0 Å². The molecule has 1 unspecified atom stereocenters. The first-order valence-electron chi connectivity index (χ1n) is 15.5. The SMILES string of the molecule is CCC(c1cc(C(C)(C)C)ccc1C(C)(C)C)c1c(C(C)(C)C)c(C(C)(C)C)cc(C(C)(C)C)c1C(C)(C)C. The zero-order valence-corrected chi connectivity index (χ0v) is 29.6. The molecule has 2 aromatic rings. The summed E-state index contributed by atoms with van der Waals surface area (Å²) in [5, 5.41) is 0. The van der Waals surface area contributed by atoms with Gasteiger partial charge in [-0.05, 0) is 83.4 Å². The van der Waals surface area contributed by atoms with Crippen molar-refractivity contribution in [3.8, 4) is 0 Å². The molecule has 0 aliphatic heterocycles. The number of benzene rings is 2. The highest BCUT2D eigenvalue weighted by atomic mass is 14.4. The normalized spacial score (nSPS) is 15.1. The van der Waals surface area contributed by atoms with Crippen molar-refractivity contribution in [3.05, 3.63) is 68.8 Å². The van der Waals surface area contributed by atoms with E-state index in [1.54, 1.807) is 16.7 Å². The lowest BCUT2D eigenvalue weighted by Gasteiger charge is -2.43. The van der Waals surface area contributed by atoms with Crippen LogP contribution in [-0.2, 0) is 32.5 Å². The first-order valence-corrected chi connectivity index (χ1v) is 15.5. The van der Waals surface area contributed by atoms with E-state index in [9.17, 15) is 0 Å². The van der Waals surface area contributed by atoms with Crippen LogP contribution in [0.15, 0.2) is 24.3 Å². The van der Waals surface area contributed by atoms with Gasteiger partial charge in [0.05, 0.1) is 0 Å². The minimum atomic E-state index is 0.0192. The van der Waals surface area contributed by atoms with Gasteiger partial charge >= 0.3 is 0 Å². The second-order valence-electron chi connectivity index (χ2n) is 18.4. The maximum Gasteiger partial charge on any atom is 0.00958 e. The van der Waals surface area contributed by atoms with Gasteiger partial charge in [0.1, 0.15) is 0 Å². The highest BCUT2D eigenvalue weighted by Gasteiger charge is 2.39. The molecular weight excluding hydrogens is 468 g/mol. The van der Waals surface area contributed by atoms with Crippen LogP contribution in [0.4, 0.5) is 0 Å². The number of rotatable bonds is 3. The molecule has 0 amide bonds. The van der Waals surface area contributed by atoms with Crippen molar-refractivity contribution in [2.24, 2.45) is 0 Å². The average molecular weight is 533 g/mol. The molecule has 0 aliphatic carbocycles. The molecule has 0 aromatic heterocycles. The average Bonchev–Trinajstić information content (AvgIpc) is 2.69. The summed E-state index contributed by atoms with van der Waals surface area (Å²) < 4.78 is 0. The van der Waals surface area contributed by atoms with Crippen LogP contribution >= 0.6 is 0 Å². The summed E-state index contributed by atoms with van der Waals surface area (Å²) >= 11 is 0. The lowest BCUT2D eigenvalue weighted by atomic mass is 9.61. The smallest absolute Gasteiger partial charge is 0.00958 e. The second-order valence-corrected chi connectivity index (χ2v) is 18.4. The lowest BCUT2D eigenvalue weighted by Crippen LogP contribution is -2.33. The summed E-state index contributed by atoms with van der Waals surface area (Å²) in [6.45, 7) is 45.7. The van der Waals surface area contributed by atoms with Crippen molar-refractivity contribution >= 4 is 0 Å². The Kier molecular flexibility index (Phi) is 8.94. The van der Waals surface area contributed by atoms with Crippen LogP contribution in [0.5, 0.6) is 0 Å². The van der Waals surface area contributed by atoms with E-state index < -0.39 is 0 Å². The molecule has 0 N–H and O–H groups in total. The van der Waals surface area contributed by atoms with E-state index in [0.717, 1.165) is 6.42 Å². The highest BCUT2D eigenvalue weighted by molar-refractivity contribution is 5.60. The molecule has 1 atom stereocenters. The minimum absolute atomic E-state index is 0.0192. The van der Waals surface area contributed by atoms with Gasteiger partial charge in [0.25, 0.3) is 0 Å². The van der Waals surface area contributed by atoms with Crippen molar-refractivity contribution < 1.29 is 0 Å². The van der Waals surface area contributed by atoms with Gasteiger partial charge in [0, 0.05) is 5.92 Å². The highest BCUT2D eigenvalue weighted by Crippen LogP contribution is 2.51. The summed E-state index contributed by atoms with van der Waals surface area (Å²) in [6, 6.07) is 10.0. The van der Waals surface area contributed by atoms with Crippen molar-refractivity contribution in [2.75, 3.05) is 0 Å². The van der Waals surface area contributed by atoms with Crippen molar-refractivity contribution in [2.45, 2.75) is 176 Å². The Balaban J connectivity index is 3.39. The third-order valence-electron chi connectivity index (χ3n) is 8.34. The fourth-order valence-corrected chi connectivity index (χ4v) is 6.43. The Labute approximate surface area is 244 Å². The molecule has 2 rings (SSSR count). The van der Waals surface area contributed by atoms with Gasteiger partial charge in [-0.25, -0.2) is 0 Å². The molecule has 2 aromatic carbocycles. The van der Waals surface area contributed by atoms with E-state index in [-0.39, 0.29) is 32.5 Å². The van der Waals surface area contributed by atoms with E-state index in [0.29, 0.717) is 5.92 Å². The summed E-state index contributed by atoms with van der Waals surface area (Å²) in [5.74, 6) is 0.327. The third-order valence-corrected chi connectivity index (χ3v) is 8.34. The van der Waals surface area contributed by atoms with E-state index in [2.05, 4.69) is 156 Å². The third kappa shape index (κ3) is 7.21. The number of hydrogen-bond acceptors (Lipinski definition) is 0. The molecule has 0 saturated heterocycles. The molecule has 0 bridgehead atoms. The Morgan fingerprint density at radius 1 is 0.462 bits per heavy atom. The van der Waals surface area contributed by atoms with E-state index >= 15 is 0 Å². The van der Waals surface area contributed by atoms with Crippen LogP contribution < -0.4 is 0 Å². The quantitative estimate of drug-likeness (QED) is 0.369. The summed E-state index contributed by atoms with van der Waals surface area (Å²) in [5.41, 5.74) is 12.5. The summed E-state index contributed by atoms with van der Waals surface area (Å²) in [6.07, 6.45) is 1.08. The molecular formula is C39H64. The minimum Gasteiger partial charge on any atom is -0.0645 e. The topological polar surface area (TPSA) is 0 Å². The molecule has 0 heteroatoms. The molecule has 0 aliphatic rings.